The van der Waals surface area contributed by atoms with Gasteiger partial charge < -0.3 is 10.6 Å². The van der Waals surface area contributed by atoms with Crippen molar-refractivity contribution in [1.29, 1.82) is 0 Å². The zero-order valence-corrected chi connectivity index (χ0v) is 16.5. The van der Waals surface area contributed by atoms with Crippen LogP contribution in [0.4, 0.5) is 5.82 Å². The first kappa shape index (κ1) is 19.8. The molecular formula is C16H25ClN6OS. The Bertz CT molecular complexity index is 705. The molecule has 7 nitrogen and oxygen atoms in total. The third kappa shape index (κ3) is 5.47. The number of fused-ring (bicyclic) bond motifs is 1. The van der Waals surface area contributed by atoms with Crippen molar-refractivity contribution in [3.8, 4) is 0 Å². The molecule has 0 bridgehead atoms. The van der Waals surface area contributed by atoms with Crippen LogP contribution in [0.3, 0.4) is 0 Å². The minimum absolute atomic E-state index is 0.183. The van der Waals surface area contributed by atoms with E-state index in [-0.39, 0.29) is 5.91 Å². The maximum atomic E-state index is 11.6. The first-order valence-electron chi connectivity index (χ1n) is 8.58. The van der Waals surface area contributed by atoms with Crippen LogP contribution in [0.2, 0.25) is 0 Å². The SMILES string of the molecule is CCCNc1nc(SCCC)nc2c1cnn2CCNC(=O)C(C)Cl. The molecule has 9 heteroatoms. The van der Waals surface area contributed by atoms with E-state index in [0.29, 0.717) is 13.1 Å². The lowest BCUT2D eigenvalue weighted by atomic mass is 10.3. The Balaban J connectivity index is 2.21. The number of carbonyl (C=O) groups is 1. The number of alkyl halides is 1. The number of thioether (sulfide) groups is 1. The Kier molecular flexibility index (Phi) is 7.77. The zero-order chi connectivity index (χ0) is 18.2. The van der Waals surface area contributed by atoms with Gasteiger partial charge in [0.15, 0.2) is 10.8 Å². The monoisotopic (exact) mass is 384 g/mol. The van der Waals surface area contributed by atoms with Gasteiger partial charge in [-0.15, -0.1) is 11.6 Å². The van der Waals surface area contributed by atoms with Gasteiger partial charge in [-0.1, -0.05) is 25.6 Å². The van der Waals surface area contributed by atoms with Crippen LogP contribution in [-0.4, -0.2) is 49.9 Å². The van der Waals surface area contributed by atoms with Crippen LogP contribution in [-0.2, 0) is 11.3 Å². The summed E-state index contributed by atoms with van der Waals surface area (Å²) in [6.07, 6.45) is 3.85. The molecule has 2 rings (SSSR count). The van der Waals surface area contributed by atoms with Crippen molar-refractivity contribution in [3.63, 3.8) is 0 Å². The fourth-order valence-electron chi connectivity index (χ4n) is 2.16. The van der Waals surface area contributed by atoms with Crippen LogP contribution >= 0.6 is 23.4 Å². The van der Waals surface area contributed by atoms with Crippen molar-refractivity contribution in [2.75, 3.05) is 24.2 Å². The van der Waals surface area contributed by atoms with Crippen molar-refractivity contribution in [2.24, 2.45) is 0 Å². The van der Waals surface area contributed by atoms with Crippen molar-refractivity contribution >= 4 is 46.1 Å². The molecule has 25 heavy (non-hydrogen) atoms. The second kappa shape index (κ2) is 9.82. The molecule has 138 valence electrons. The van der Waals surface area contributed by atoms with Crippen LogP contribution in [0.25, 0.3) is 11.0 Å². The average Bonchev–Trinajstić information content (AvgIpc) is 3.00. The van der Waals surface area contributed by atoms with Gasteiger partial charge in [-0.25, -0.2) is 14.6 Å². The quantitative estimate of drug-likeness (QED) is 0.372. The van der Waals surface area contributed by atoms with E-state index in [1.54, 1.807) is 29.6 Å². The minimum Gasteiger partial charge on any atom is -0.369 e. The van der Waals surface area contributed by atoms with E-state index in [4.69, 9.17) is 11.6 Å². The molecule has 0 radical (unpaired) electrons. The number of hydrogen-bond acceptors (Lipinski definition) is 6. The highest BCUT2D eigenvalue weighted by Crippen LogP contribution is 2.24. The molecule has 0 saturated carbocycles. The van der Waals surface area contributed by atoms with Crippen molar-refractivity contribution in [2.45, 2.75) is 50.7 Å². The van der Waals surface area contributed by atoms with Gasteiger partial charge in [-0.05, 0) is 19.8 Å². The minimum atomic E-state index is -0.543. The number of carbonyl (C=O) groups excluding carboxylic acids is 1. The van der Waals surface area contributed by atoms with Gasteiger partial charge >= 0.3 is 0 Å². The lowest BCUT2D eigenvalue weighted by Gasteiger charge is -2.09. The van der Waals surface area contributed by atoms with Crippen LogP contribution in [0.1, 0.15) is 33.6 Å². The molecule has 0 saturated heterocycles. The molecule has 2 N–H and O–H groups in total. The number of rotatable bonds is 10. The maximum absolute atomic E-state index is 11.6. The van der Waals surface area contributed by atoms with Crippen LogP contribution < -0.4 is 10.6 Å². The van der Waals surface area contributed by atoms with E-state index < -0.39 is 5.38 Å². The fraction of sp³-hybridized carbons (Fsp3) is 0.625. The molecule has 2 heterocycles. The zero-order valence-electron chi connectivity index (χ0n) is 14.9. The molecule has 0 spiro atoms. The second-order valence-electron chi connectivity index (χ2n) is 5.64. The lowest BCUT2D eigenvalue weighted by Crippen LogP contribution is -2.32. The number of hydrogen-bond donors (Lipinski definition) is 2. The van der Waals surface area contributed by atoms with Crippen molar-refractivity contribution in [1.82, 2.24) is 25.1 Å². The van der Waals surface area contributed by atoms with Gasteiger partial charge in [0.05, 0.1) is 18.1 Å². The third-order valence-electron chi connectivity index (χ3n) is 3.44. The van der Waals surface area contributed by atoms with E-state index in [1.165, 1.54) is 0 Å². The number of nitrogens with zero attached hydrogens (tertiary/aromatic N) is 4. The molecule has 1 unspecified atom stereocenters. The topological polar surface area (TPSA) is 84.7 Å². The highest BCUT2D eigenvalue weighted by molar-refractivity contribution is 7.99. The molecule has 0 aliphatic rings. The summed E-state index contributed by atoms with van der Waals surface area (Å²) in [5.41, 5.74) is 0.778. The number of halogens is 1. The Morgan fingerprint density at radius 3 is 2.80 bits per heavy atom. The number of amides is 1. The molecule has 2 aromatic rings. The third-order valence-corrected chi connectivity index (χ3v) is 4.69. The summed E-state index contributed by atoms with van der Waals surface area (Å²) >= 11 is 7.39. The molecule has 0 aromatic carbocycles. The highest BCUT2D eigenvalue weighted by Gasteiger charge is 2.14. The smallest absolute Gasteiger partial charge is 0.237 e. The van der Waals surface area contributed by atoms with Gasteiger partial charge in [-0.2, -0.15) is 5.10 Å². The summed E-state index contributed by atoms with van der Waals surface area (Å²) in [6, 6.07) is 0. The van der Waals surface area contributed by atoms with Crippen LogP contribution in [0.5, 0.6) is 0 Å². The predicted molar refractivity (Wildman–Crippen MR) is 103 cm³/mol. The average molecular weight is 385 g/mol. The summed E-state index contributed by atoms with van der Waals surface area (Å²) in [4.78, 5) is 20.8. The largest absolute Gasteiger partial charge is 0.369 e. The van der Waals surface area contributed by atoms with Gasteiger partial charge in [0.2, 0.25) is 5.91 Å². The van der Waals surface area contributed by atoms with Gasteiger partial charge in [-0.3, -0.25) is 4.79 Å². The Hall–Kier alpha value is -1.54. The fourth-order valence-corrected chi connectivity index (χ4v) is 2.93. The summed E-state index contributed by atoms with van der Waals surface area (Å²) in [6.45, 7) is 7.72. The Labute approximate surface area is 157 Å². The molecule has 0 fully saturated rings. The number of nitrogens with one attached hydrogen (secondary N) is 2. The summed E-state index contributed by atoms with van der Waals surface area (Å²) in [7, 11) is 0. The van der Waals surface area contributed by atoms with Crippen molar-refractivity contribution in [3.05, 3.63) is 6.20 Å². The first-order valence-corrected chi connectivity index (χ1v) is 10.0. The van der Waals surface area contributed by atoms with E-state index >= 15 is 0 Å². The van der Waals surface area contributed by atoms with Crippen LogP contribution in [0, 0.1) is 0 Å². The van der Waals surface area contributed by atoms with E-state index in [9.17, 15) is 4.79 Å². The van der Waals surface area contributed by atoms with Crippen LogP contribution in [0.15, 0.2) is 11.4 Å². The lowest BCUT2D eigenvalue weighted by molar-refractivity contribution is -0.120. The van der Waals surface area contributed by atoms with E-state index in [1.807, 2.05) is 0 Å². The molecule has 2 aromatic heterocycles. The van der Waals surface area contributed by atoms with E-state index in [0.717, 1.165) is 47.1 Å². The second-order valence-corrected chi connectivity index (χ2v) is 7.36. The molecule has 0 aliphatic carbocycles. The van der Waals surface area contributed by atoms with E-state index in [2.05, 4.69) is 39.5 Å². The Morgan fingerprint density at radius 1 is 1.32 bits per heavy atom. The maximum Gasteiger partial charge on any atom is 0.237 e. The summed E-state index contributed by atoms with van der Waals surface area (Å²) in [5.74, 6) is 1.60. The molecule has 1 atom stereocenters. The Morgan fingerprint density at radius 2 is 2.12 bits per heavy atom. The first-order chi connectivity index (χ1) is 12.1. The standard InChI is InChI=1S/C16H25ClN6OS/c1-4-6-18-13-12-10-20-23(8-7-19-15(24)11(3)17)14(12)22-16(21-13)25-9-5-2/h10-11H,4-9H2,1-3H3,(H,19,24)(H,18,21,22). The molecule has 1 amide bonds. The predicted octanol–water partition coefficient (Wildman–Crippen LogP) is 2.89. The number of anilines is 1. The van der Waals surface area contributed by atoms with Gasteiger partial charge in [0.25, 0.3) is 0 Å². The van der Waals surface area contributed by atoms with Crippen molar-refractivity contribution < 1.29 is 4.79 Å². The molecular weight excluding hydrogens is 360 g/mol. The summed E-state index contributed by atoms with van der Waals surface area (Å²) in [5, 5.41) is 11.6. The van der Waals surface area contributed by atoms with Gasteiger partial charge in [0, 0.05) is 18.8 Å². The number of aromatic nitrogens is 4. The normalized spacial score (nSPS) is 12.3. The highest BCUT2D eigenvalue weighted by atomic mass is 35.5. The summed E-state index contributed by atoms with van der Waals surface area (Å²) < 4.78 is 1.79. The molecule has 0 aliphatic heterocycles. The van der Waals surface area contributed by atoms with Gasteiger partial charge in [0.1, 0.15) is 11.2 Å².